The second-order valence-electron chi connectivity index (χ2n) is 7.34. The van der Waals surface area contributed by atoms with Crippen LogP contribution in [0.2, 0.25) is 0 Å². The monoisotopic (exact) mass is 592 g/mol. The number of aliphatic hydroxyl groups excluding tert-OH is 3. The maximum absolute atomic E-state index is 11.4. The van der Waals surface area contributed by atoms with Gasteiger partial charge in [-0.2, -0.15) is 4.89 Å². The van der Waals surface area contributed by atoms with Crippen LogP contribution in [-0.4, -0.2) is 118 Å². The van der Waals surface area contributed by atoms with Crippen LogP contribution in [0.1, 0.15) is 0 Å². The summed E-state index contributed by atoms with van der Waals surface area (Å²) < 4.78 is 35.7. The van der Waals surface area contributed by atoms with Crippen LogP contribution in [0.15, 0.2) is 50.6 Å². The highest BCUT2D eigenvalue weighted by Gasteiger charge is 2.62. The number of carbonyl (C=O) groups is 4. The fourth-order valence-electron chi connectivity index (χ4n) is 2.64. The first-order valence-corrected chi connectivity index (χ1v) is 11.9. The van der Waals surface area contributed by atoms with Crippen molar-refractivity contribution in [1.29, 1.82) is 0 Å². The predicted molar refractivity (Wildman–Crippen MR) is 135 cm³/mol. The van der Waals surface area contributed by atoms with Crippen molar-refractivity contribution in [1.82, 2.24) is 0 Å². The van der Waals surface area contributed by atoms with E-state index < -0.39 is 94.4 Å². The Morgan fingerprint density at radius 1 is 0.610 bits per heavy atom. The Kier molecular flexibility index (Phi) is 19.5. The summed E-state index contributed by atoms with van der Waals surface area (Å²) in [5.41, 5.74) is -2.45. The fraction of sp³-hybridized carbons (Fsp3) is 0.520. The van der Waals surface area contributed by atoms with Crippen LogP contribution in [0.25, 0.3) is 0 Å². The van der Waals surface area contributed by atoms with Gasteiger partial charge in [-0.3, -0.25) is 0 Å². The summed E-state index contributed by atoms with van der Waals surface area (Å²) in [4.78, 5) is 55.7. The molecule has 16 heteroatoms. The van der Waals surface area contributed by atoms with E-state index in [1.165, 1.54) is 0 Å². The van der Waals surface area contributed by atoms with Gasteiger partial charge in [-0.25, -0.2) is 24.1 Å². The van der Waals surface area contributed by atoms with E-state index in [1.807, 2.05) is 0 Å². The van der Waals surface area contributed by atoms with Gasteiger partial charge in [0.25, 0.3) is 0 Å². The van der Waals surface area contributed by atoms with Gasteiger partial charge in [-0.15, -0.1) is 0 Å². The van der Waals surface area contributed by atoms with Crippen molar-refractivity contribution in [3.8, 4) is 0 Å². The lowest BCUT2D eigenvalue weighted by atomic mass is 9.85. The molecule has 0 heterocycles. The normalized spacial score (nSPS) is 12.0. The molecule has 0 aliphatic rings. The zero-order valence-electron chi connectivity index (χ0n) is 22.4. The van der Waals surface area contributed by atoms with Crippen molar-refractivity contribution in [3.63, 3.8) is 0 Å². The molecule has 0 radical (unpaired) electrons. The molecule has 232 valence electrons. The minimum Gasteiger partial charge on any atom is -0.460 e. The third-order valence-electron chi connectivity index (χ3n) is 4.74. The summed E-state index contributed by atoms with van der Waals surface area (Å²) in [6.07, 6.45) is 1.38. The van der Waals surface area contributed by atoms with Crippen molar-refractivity contribution in [2.45, 2.75) is 12.3 Å². The Hall–Kier alpha value is -3.48. The average Bonchev–Trinajstić information content (AvgIpc) is 2.99. The maximum atomic E-state index is 11.4. The first-order valence-electron chi connectivity index (χ1n) is 11.9. The lowest BCUT2D eigenvalue weighted by Crippen LogP contribution is -2.65. The quantitative estimate of drug-likeness (QED) is 0.0217. The van der Waals surface area contributed by atoms with Crippen LogP contribution in [0.3, 0.4) is 0 Å². The van der Waals surface area contributed by atoms with Crippen LogP contribution >= 0.6 is 0 Å². The summed E-state index contributed by atoms with van der Waals surface area (Å²) in [6, 6.07) is 0. The van der Waals surface area contributed by atoms with Crippen LogP contribution in [0.5, 0.6) is 0 Å². The summed E-state index contributed by atoms with van der Waals surface area (Å²) in [5.74, 6) is -5.97. The van der Waals surface area contributed by atoms with E-state index in [9.17, 15) is 34.5 Å². The van der Waals surface area contributed by atoms with Gasteiger partial charge >= 0.3 is 29.9 Å². The highest BCUT2D eigenvalue weighted by atomic mass is 17.3. The molecule has 41 heavy (non-hydrogen) atoms. The summed E-state index contributed by atoms with van der Waals surface area (Å²) in [6.45, 7) is 7.01. The number of rotatable bonds is 25. The van der Waals surface area contributed by atoms with Gasteiger partial charge in [0.15, 0.2) is 11.7 Å². The van der Waals surface area contributed by atoms with Crippen LogP contribution < -0.4 is 0 Å². The van der Waals surface area contributed by atoms with Crippen molar-refractivity contribution in [2.24, 2.45) is 5.41 Å². The zero-order chi connectivity index (χ0) is 31.2. The molecule has 0 aliphatic heterocycles. The van der Waals surface area contributed by atoms with E-state index in [2.05, 4.69) is 26.3 Å². The molecule has 0 amide bonds. The van der Waals surface area contributed by atoms with Crippen molar-refractivity contribution < 1.29 is 77.4 Å². The largest absolute Gasteiger partial charge is 0.460 e. The Balaban J connectivity index is 6.14. The number of aliphatic hydroxyl groups is 3. The second-order valence-corrected chi connectivity index (χ2v) is 7.34. The molecule has 0 aliphatic carbocycles. The molecule has 0 rings (SSSR count). The Morgan fingerprint density at radius 2 is 0.976 bits per heavy atom. The molecule has 1 atom stereocenters. The Labute approximate surface area is 236 Å². The van der Waals surface area contributed by atoms with E-state index >= 15 is 0 Å². The summed E-state index contributed by atoms with van der Waals surface area (Å²) in [5, 5.41) is 31.6. The molecule has 0 aromatic heterocycles. The molecular formula is C25H36O16. The van der Waals surface area contributed by atoms with Gasteiger partial charge in [-0.05, 0) is 0 Å². The van der Waals surface area contributed by atoms with Gasteiger partial charge in [0.2, 0.25) is 0 Å². The van der Waals surface area contributed by atoms with Crippen LogP contribution in [-0.2, 0) is 62.1 Å². The summed E-state index contributed by atoms with van der Waals surface area (Å²) in [7, 11) is 0. The van der Waals surface area contributed by atoms with E-state index in [0.29, 0.717) is 0 Å². The lowest BCUT2D eigenvalue weighted by Gasteiger charge is -2.47. The number of hydrogen-bond acceptors (Lipinski definition) is 16. The molecular weight excluding hydrogens is 556 g/mol. The maximum Gasteiger partial charge on any atom is 0.330 e. The summed E-state index contributed by atoms with van der Waals surface area (Å²) >= 11 is 0. The molecule has 0 spiro atoms. The number of carbonyl (C=O) groups excluding carboxylic acids is 4. The zero-order valence-corrected chi connectivity index (χ0v) is 22.4. The van der Waals surface area contributed by atoms with Gasteiger partial charge < -0.3 is 48.5 Å². The number of esters is 4. The third kappa shape index (κ3) is 13.2. The third-order valence-corrected chi connectivity index (χ3v) is 4.74. The van der Waals surface area contributed by atoms with Crippen LogP contribution in [0.4, 0.5) is 0 Å². The lowest BCUT2D eigenvalue weighted by molar-refractivity contribution is -0.555. The fourth-order valence-corrected chi connectivity index (χ4v) is 2.64. The minimum atomic E-state index is -2.78. The molecule has 0 aromatic rings. The van der Waals surface area contributed by atoms with E-state index in [1.54, 1.807) is 0 Å². The second kappa shape index (κ2) is 21.3. The van der Waals surface area contributed by atoms with Crippen molar-refractivity contribution in [3.05, 3.63) is 50.6 Å². The minimum absolute atomic E-state index is 0.367. The predicted octanol–water partition coefficient (Wildman–Crippen LogP) is -1.16. The van der Waals surface area contributed by atoms with Crippen molar-refractivity contribution >= 4 is 23.9 Å². The highest BCUT2D eigenvalue weighted by Crippen LogP contribution is 2.41. The van der Waals surface area contributed by atoms with E-state index in [0.717, 1.165) is 24.3 Å². The number of hydrogen-bond donors (Lipinski definition) is 3. The SMILES string of the molecule is C=CC(=O)OCCOOC(OCCOC(=O)C=C)(OCCOC(=O)C=C)C(CO)(CO)C(O)OCCOC(=O)C=C. The average molecular weight is 593 g/mol. The topological polar surface area (TPSA) is 212 Å². The Bertz CT molecular complexity index is 838. The molecule has 0 aromatic carbocycles. The van der Waals surface area contributed by atoms with Gasteiger partial charge in [0.05, 0.1) is 33.0 Å². The smallest absolute Gasteiger partial charge is 0.330 e. The molecule has 0 bridgehead atoms. The Morgan fingerprint density at radius 3 is 1.34 bits per heavy atom. The van der Waals surface area contributed by atoms with Gasteiger partial charge in [0.1, 0.15) is 33.0 Å². The number of ether oxygens (including phenoxy) is 7. The molecule has 0 saturated heterocycles. The first kappa shape index (κ1) is 37.5. The van der Waals surface area contributed by atoms with E-state index in [-0.39, 0.29) is 13.2 Å². The first-order chi connectivity index (χ1) is 19.6. The molecule has 3 N–H and O–H groups in total. The molecule has 1 unspecified atom stereocenters. The van der Waals surface area contributed by atoms with Gasteiger partial charge in [-0.1, -0.05) is 26.3 Å². The standard InChI is InChI=1S/C25H36O16/c1-5-19(28)33-9-10-37-23(32)24(17-26,18-27)25(38-14-11-34-20(29)6-2,39-15-12-35-21(30)7-3)41-40-16-13-36-22(31)8-4/h5-8,23,26-27,32H,1-4,9-18H2. The molecule has 0 saturated carbocycles. The van der Waals surface area contributed by atoms with Crippen molar-refractivity contribution in [2.75, 3.05) is 66.1 Å². The molecule has 0 fully saturated rings. The van der Waals surface area contributed by atoms with E-state index in [4.69, 9.17) is 42.9 Å². The highest BCUT2D eigenvalue weighted by molar-refractivity contribution is 5.82. The van der Waals surface area contributed by atoms with Gasteiger partial charge in [0, 0.05) is 24.3 Å². The molecule has 16 nitrogen and oxygen atoms in total. The van der Waals surface area contributed by atoms with Crippen LogP contribution in [0, 0.1) is 5.41 Å².